The Bertz CT molecular complexity index is 692. The van der Waals surface area contributed by atoms with Gasteiger partial charge in [0.1, 0.15) is 5.82 Å². The molecule has 0 radical (unpaired) electrons. The van der Waals surface area contributed by atoms with Crippen LogP contribution in [0, 0.1) is 6.92 Å². The number of rotatable bonds is 4. The number of benzene rings is 1. The van der Waals surface area contributed by atoms with Crippen molar-refractivity contribution in [2.45, 2.75) is 25.4 Å². The van der Waals surface area contributed by atoms with Crippen molar-refractivity contribution in [1.29, 1.82) is 0 Å². The lowest BCUT2D eigenvalue weighted by molar-refractivity contribution is 0.598. The van der Waals surface area contributed by atoms with Gasteiger partial charge in [0.15, 0.2) is 5.03 Å². The molecule has 7 heteroatoms. The fourth-order valence-electron chi connectivity index (χ4n) is 1.72. The molecule has 2 aromatic rings. The molecule has 2 rings (SSSR count). The first-order chi connectivity index (χ1) is 8.94. The maximum atomic E-state index is 12.2. The minimum absolute atomic E-state index is 0.00453. The molecule has 0 amide bonds. The summed E-state index contributed by atoms with van der Waals surface area (Å²) in [6.45, 7) is 4.36. The molecule has 0 unspecified atom stereocenters. The van der Waals surface area contributed by atoms with Gasteiger partial charge in [0.25, 0.3) is 10.0 Å². The Morgan fingerprint density at radius 2 is 2.05 bits per heavy atom. The van der Waals surface area contributed by atoms with Gasteiger partial charge in [0, 0.05) is 12.7 Å². The third-order valence-electron chi connectivity index (χ3n) is 2.78. The summed E-state index contributed by atoms with van der Waals surface area (Å²) in [6.07, 6.45) is 1.51. The largest absolute Gasteiger partial charge is 0.397 e. The number of nitrogens with one attached hydrogen (secondary N) is 1. The average Bonchev–Trinajstić information content (AvgIpc) is 2.74. The normalized spacial score (nSPS) is 11.5. The topological polar surface area (TPSA) is 90.0 Å². The molecule has 19 heavy (non-hydrogen) atoms. The van der Waals surface area contributed by atoms with Crippen molar-refractivity contribution in [3.63, 3.8) is 0 Å². The summed E-state index contributed by atoms with van der Waals surface area (Å²) < 4.78 is 28.6. The second-order valence-electron chi connectivity index (χ2n) is 4.11. The van der Waals surface area contributed by atoms with Gasteiger partial charge in [-0.05, 0) is 26.0 Å². The van der Waals surface area contributed by atoms with Gasteiger partial charge in [0.2, 0.25) is 0 Å². The zero-order valence-electron chi connectivity index (χ0n) is 10.8. The lowest BCUT2D eigenvalue weighted by Gasteiger charge is -2.07. The van der Waals surface area contributed by atoms with Crippen LogP contribution >= 0.6 is 0 Å². The van der Waals surface area contributed by atoms with Crippen molar-refractivity contribution in [2.75, 3.05) is 10.5 Å². The molecule has 1 aromatic heterocycles. The third kappa shape index (κ3) is 2.70. The molecule has 0 saturated carbocycles. The molecule has 0 aliphatic rings. The molecule has 0 bridgehead atoms. The highest BCUT2D eigenvalue weighted by Gasteiger charge is 2.19. The highest BCUT2D eigenvalue weighted by Crippen LogP contribution is 2.21. The summed E-state index contributed by atoms with van der Waals surface area (Å²) in [5.41, 5.74) is 6.44. The molecule has 1 heterocycles. The number of nitrogen functional groups attached to an aromatic ring is 1. The van der Waals surface area contributed by atoms with Crippen LogP contribution in [-0.2, 0) is 16.6 Å². The van der Waals surface area contributed by atoms with E-state index in [4.69, 9.17) is 5.73 Å². The fourth-order valence-corrected chi connectivity index (χ4v) is 2.81. The Hall–Kier alpha value is -2.02. The molecule has 1 aromatic carbocycles. The third-order valence-corrected chi connectivity index (χ3v) is 4.01. The monoisotopic (exact) mass is 280 g/mol. The van der Waals surface area contributed by atoms with Crippen LogP contribution in [0.2, 0.25) is 0 Å². The average molecular weight is 280 g/mol. The first-order valence-electron chi connectivity index (χ1n) is 5.85. The van der Waals surface area contributed by atoms with E-state index in [0.29, 0.717) is 23.7 Å². The number of nitrogens with zero attached hydrogens (tertiary/aromatic N) is 2. The number of hydrogen-bond donors (Lipinski definition) is 2. The molecule has 0 aliphatic carbocycles. The van der Waals surface area contributed by atoms with Crippen LogP contribution in [0.15, 0.2) is 35.5 Å². The second-order valence-corrected chi connectivity index (χ2v) is 5.73. The fraction of sp³-hybridized carbons (Fsp3) is 0.250. The maximum Gasteiger partial charge on any atom is 0.281 e. The van der Waals surface area contributed by atoms with Crippen LogP contribution in [0.25, 0.3) is 0 Å². The molecular formula is C12H16N4O2S. The minimum atomic E-state index is -3.71. The first kappa shape index (κ1) is 13.4. The van der Waals surface area contributed by atoms with Gasteiger partial charge in [0.05, 0.1) is 11.4 Å². The highest BCUT2D eigenvalue weighted by atomic mass is 32.2. The SMILES string of the molecule is CCn1cc(S(=O)(=O)Nc2ccccc2N)nc1C. The number of anilines is 2. The molecule has 102 valence electrons. The van der Waals surface area contributed by atoms with Gasteiger partial charge in [-0.3, -0.25) is 4.72 Å². The van der Waals surface area contributed by atoms with E-state index >= 15 is 0 Å². The van der Waals surface area contributed by atoms with Crippen LogP contribution in [-0.4, -0.2) is 18.0 Å². The number of para-hydroxylation sites is 2. The van der Waals surface area contributed by atoms with Gasteiger partial charge in [-0.2, -0.15) is 8.42 Å². The predicted octanol–water partition coefficient (Wildman–Crippen LogP) is 1.59. The highest BCUT2D eigenvalue weighted by molar-refractivity contribution is 7.92. The molecule has 0 saturated heterocycles. The Morgan fingerprint density at radius 1 is 1.37 bits per heavy atom. The number of hydrogen-bond acceptors (Lipinski definition) is 4. The summed E-state index contributed by atoms with van der Waals surface area (Å²) in [4.78, 5) is 4.05. The van der Waals surface area contributed by atoms with E-state index in [2.05, 4.69) is 9.71 Å². The number of aromatic nitrogens is 2. The van der Waals surface area contributed by atoms with Crippen LogP contribution in [0.1, 0.15) is 12.7 Å². The van der Waals surface area contributed by atoms with Crippen LogP contribution in [0.5, 0.6) is 0 Å². The van der Waals surface area contributed by atoms with Crippen molar-refractivity contribution >= 4 is 21.4 Å². The molecule has 0 aliphatic heterocycles. The number of nitrogens with two attached hydrogens (primary N) is 1. The van der Waals surface area contributed by atoms with Gasteiger partial charge < -0.3 is 10.3 Å². The second kappa shape index (κ2) is 4.93. The van der Waals surface area contributed by atoms with E-state index in [1.807, 2.05) is 6.92 Å². The van der Waals surface area contributed by atoms with E-state index in [0.717, 1.165) is 0 Å². The summed E-state index contributed by atoms with van der Waals surface area (Å²) >= 11 is 0. The van der Waals surface area contributed by atoms with Crippen molar-refractivity contribution in [1.82, 2.24) is 9.55 Å². The van der Waals surface area contributed by atoms with Gasteiger partial charge in [-0.15, -0.1) is 0 Å². The molecular weight excluding hydrogens is 264 g/mol. The minimum Gasteiger partial charge on any atom is -0.397 e. The summed E-state index contributed by atoms with van der Waals surface area (Å²) in [5, 5.41) is -0.00453. The van der Waals surface area contributed by atoms with Crippen LogP contribution in [0.4, 0.5) is 11.4 Å². The Balaban J connectivity index is 2.35. The molecule has 0 atom stereocenters. The number of imidazole rings is 1. The van der Waals surface area contributed by atoms with Crippen LogP contribution in [0.3, 0.4) is 0 Å². The Morgan fingerprint density at radius 3 is 2.63 bits per heavy atom. The summed E-state index contributed by atoms with van der Waals surface area (Å²) in [6, 6.07) is 6.69. The van der Waals surface area contributed by atoms with Gasteiger partial charge in [-0.1, -0.05) is 12.1 Å². The summed E-state index contributed by atoms with van der Waals surface area (Å²) in [5.74, 6) is 0.656. The predicted molar refractivity (Wildman–Crippen MR) is 74.3 cm³/mol. The maximum absolute atomic E-state index is 12.2. The van der Waals surface area contributed by atoms with Crippen molar-refractivity contribution in [3.05, 3.63) is 36.3 Å². The van der Waals surface area contributed by atoms with E-state index in [9.17, 15) is 8.42 Å². The van der Waals surface area contributed by atoms with Gasteiger partial charge >= 0.3 is 0 Å². The van der Waals surface area contributed by atoms with Gasteiger partial charge in [-0.25, -0.2) is 4.98 Å². The van der Waals surface area contributed by atoms with E-state index in [1.165, 1.54) is 6.20 Å². The standard InChI is InChI=1S/C12H16N4O2S/c1-3-16-8-12(14-9(16)2)19(17,18)15-11-7-5-4-6-10(11)13/h4-8,15H,3,13H2,1-2H3. The zero-order valence-corrected chi connectivity index (χ0v) is 11.6. The Labute approximate surface area is 112 Å². The molecule has 6 nitrogen and oxygen atoms in total. The van der Waals surface area contributed by atoms with Crippen molar-refractivity contribution < 1.29 is 8.42 Å². The van der Waals surface area contributed by atoms with E-state index < -0.39 is 10.0 Å². The first-order valence-corrected chi connectivity index (χ1v) is 7.33. The zero-order chi connectivity index (χ0) is 14.0. The van der Waals surface area contributed by atoms with Crippen molar-refractivity contribution in [3.8, 4) is 0 Å². The molecule has 0 spiro atoms. The molecule has 3 N–H and O–H groups in total. The van der Waals surface area contributed by atoms with E-state index in [-0.39, 0.29) is 5.03 Å². The van der Waals surface area contributed by atoms with Crippen LogP contribution < -0.4 is 10.5 Å². The Kier molecular flexibility index (Phi) is 3.48. The quantitative estimate of drug-likeness (QED) is 0.832. The molecule has 0 fully saturated rings. The van der Waals surface area contributed by atoms with E-state index in [1.54, 1.807) is 35.8 Å². The lowest BCUT2D eigenvalue weighted by atomic mass is 10.3. The number of sulfonamides is 1. The lowest BCUT2D eigenvalue weighted by Crippen LogP contribution is -2.14. The smallest absolute Gasteiger partial charge is 0.281 e. The number of aryl methyl sites for hydroxylation is 2. The summed E-state index contributed by atoms with van der Waals surface area (Å²) in [7, 11) is -3.71. The van der Waals surface area contributed by atoms with Crippen molar-refractivity contribution in [2.24, 2.45) is 0 Å².